The van der Waals surface area contributed by atoms with Crippen LogP contribution in [0.4, 0.5) is 14.9 Å². The van der Waals surface area contributed by atoms with E-state index < -0.39 is 17.8 Å². The maximum absolute atomic E-state index is 13.1. The quantitative estimate of drug-likeness (QED) is 0.794. The molecule has 0 radical (unpaired) electrons. The van der Waals surface area contributed by atoms with Crippen molar-refractivity contribution >= 4 is 17.7 Å². The lowest BCUT2D eigenvalue weighted by atomic mass is 10.0. The first-order chi connectivity index (χ1) is 10.0. The third-order valence-corrected chi connectivity index (χ3v) is 3.55. The van der Waals surface area contributed by atoms with Crippen LogP contribution in [0.2, 0.25) is 0 Å². The van der Waals surface area contributed by atoms with Crippen LogP contribution in [0.25, 0.3) is 0 Å². The van der Waals surface area contributed by atoms with Gasteiger partial charge in [-0.15, -0.1) is 0 Å². The van der Waals surface area contributed by atoms with Crippen molar-refractivity contribution in [2.24, 2.45) is 0 Å². The van der Waals surface area contributed by atoms with E-state index in [0.29, 0.717) is 13.0 Å². The number of hydrogen-bond donors (Lipinski definition) is 3. The van der Waals surface area contributed by atoms with Gasteiger partial charge in [-0.05, 0) is 37.5 Å². The number of aliphatic hydroxyl groups excluding tert-OH is 1. The monoisotopic (exact) mass is 296 g/mol. The van der Waals surface area contributed by atoms with Gasteiger partial charge in [-0.1, -0.05) is 0 Å². The second kappa shape index (κ2) is 6.53. The molecule has 1 unspecified atom stereocenters. The Hall–Kier alpha value is -2.15. The largest absolute Gasteiger partial charge is 0.478 e. The molecular weight excluding hydrogens is 279 g/mol. The molecule has 7 heteroatoms. The number of anilines is 1. The lowest BCUT2D eigenvalue weighted by Gasteiger charge is -2.34. The molecule has 3 N–H and O–H groups in total. The number of benzene rings is 1. The van der Waals surface area contributed by atoms with Gasteiger partial charge in [0.15, 0.2) is 0 Å². The van der Waals surface area contributed by atoms with Crippen LogP contribution < -0.4 is 5.32 Å². The normalized spacial score (nSPS) is 18.4. The van der Waals surface area contributed by atoms with Crippen LogP contribution in [0.3, 0.4) is 0 Å². The number of rotatable bonds is 3. The third-order valence-electron chi connectivity index (χ3n) is 3.55. The van der Waals surface area contributed by atoms with E-state index in [2.05, 4.69) is 5.32 Å². The molecule has 1 saturated heterocycles. The molecule has 1 fully saturated rings. The molecule has 1 atom stereocenters. The molecule has 0 aliphatic carbocycles. The van der Waals surface area contributed by atoms with E-state index >= 15 is 0 Å². The van der Waals surface area contributed by atoms with Crippen LogP contribution >= 0.6 is 0 Å². The minimum Gasteiger partial charge on any atom is -0.478 e. The second-order valence-electron chi connectivity index (χ2n) is 4.95. The average Bonchev–Trinajstić information content (AvgIpc) is 2.48. The highest BCUT2D eigenvalue weighted by atomic mass is 19.1. The lowest BCUT2D eigenvalue weighted by molar-refractivity contribution is 0.0697. The highest BCUT2D eigenvalue weighted by Crippen LogP contribution is 2.21. The van der Waals surface area contributed by atoms with Gasteiger partial charge in [-0.2, -0.15) is 0 Å². The maximum Gasteiger partial charge on any atom is 0.337 e. The third kappa shape index (κ3) is 3.49. The summed E-state index contributed by atoms with van der Waals surface area (Å²) in [4.78, 5) is 24.8. The number of urea groups is 1. The minimum atomic E-state index is -1.32. The van der Waals surface area contributed by atoms with E-state index in [0.717, 1.165) is 25.0 Å². The highest BCUT2D eigenvalue weighted by Gasteiger charge is 2.27. The van der Waals surface area contributed by atoms with Gasteiger partial charge in [-0.3, -0.25) is 0 Å². The fraction of sp³-hybridized carbons (Fsp3) is 0.429. The number of carbonyl (C=O) groups is 2. The van der Waals surface area contributed by atoms with Crippen LogP contribution in [0.5, 0.6) is 0 Å². The van der Waals surface area contributed by atoms with Gasteiger partial charge >= 0.3 is 12.0 Å². The first-order valence-electron chi connectivity index (χ1n) is 6.74. The number of carboxylic acids is 1. The molecule has 0 aromatic heterocycles. The lowest BCUT2D eigenvalue weighted by Crippen LogP contribution is -2.47. The van der Waals surface area contributed by atoms with Crippen molar-refractivity contribution in [3.05, 3.63) is 29.6 Å². The Morgan fingerprint density at radius 2 is 2.14 bits per heavy atom. The van der Waals surface area contributed by atoms with E-state index in [1.54, 1.807) is 0 Å². The molecule has 2 amide bonds. The van der Waals surface area contributed by atoms with Crippen molar-refractivity contribution in [1.29, 1.82) is 0 Å². The Labute approximate surface area is 121 Å². The molecule has 114 valence electrons. The molecule has 1 aliphatic rings. The van der Waals surface area contributed by atoms with Gasteiger partial charge in [0.1, 0.15) is 5.82 Å². The predicted octanol–water partition coefficient (Wildman–Crippen LogP) is 1.90. The summed E-state index contributed by atoms with van der Waals surface area (Å²) in [5, 5.41) is 20.8. The second-order valence-corrected chi connectivity index (χ2v) is 4.95. The van der Waals surface area contributed by atoms with Gasteiger partial charge in [0, 0.05) is 6.54 Å². The van der Waals surface area contributed by atoms with E-state index in [-0.39, 0.29) is 23.9 Å². The zero-order valence-corrected chi connectivity index (χ0v) is 11.4. The smallest absolute Gasteiger partial charge is 0.337 e. The average molecular weight is 296 g/mol. The Bertz CT molecular complexity index is 550. The number of aromatic carboxylic acids is 1. The number of carbonyl (C=O) groups excluding carboxylic acids is 1. The number of piperidine rings is 1. The molecule has 6 nitrogen and oxygen atoms in total. The summed E-state index contributed by atoms with van der Waals surface area (Å²) in [6.45, 7) is 0.364. The number of halogens is 1. The minimum absolute atomic E-state index is 0.0381. The number of hydrogen-bond acceptors (Lipinski definition) is 3. The van der Waals surface area contributed by atoms with Crippen LogP contribution in [-0.2, 0) is 0 Å². The summed E-state index contributed by atoms with van der Waals surface area (Å²) in [7, 11) is 0. The number of likely N-dealkylation sites (tertiary alicyclic amines) is 1. The van der Waals surface area contributed by atoms with Crippen molar-refractivity contribution < 1.29 is 24.2 Å². The van der Waals surface area contributed by atoms with Crippen molar-refractivity contribution in [2.45, 2.75) is 25.3 Å². The molecule has 21 heavy (non-hydrogen) atoms. The van der Waals surface area contributed by atoms with Crippen molar-refractivity contribution in [3.8, 4) is 0 Å². The van der Waals surface area contributed by atoms with Gasteiger partial charge in [0.2, 0.25) is 0 Å². The summed E-state index contributed by atoms with van der Waals surface area (Å²) in [5.74, 6) is -2.00. The van der Waals surface area contributed by atoms with E-state index in [9.17, 15) is 19.1 Å². The molecule has 0 bridgehead atoms. The molecule has 0 saturated carbocycles. The van der Waals surface area contributed by atoms with Crippen molar-refractivity contribution in [3.63, 3.8) is 0 Å². The van der Waals surface area contributed by atoms with Crippen LogP contribution in [0.15, 0.2) is 18.2 Å². The van der Waals surface area contributed by atoms with Crippen molar-refractivity contribution in [1.82, 2.24) is 4.90 Å². The molecule has 0 spiro atoms. The SMILES string of the molecule is O=C(O)c1cc(F)ccc1NC(=O)N1CCCCC1CO. The molecule has 1 heterocycles. The summed E-state index contributed by atoms with van der Waals surface area (Å²) in [5.41, 5.74) is -0.267. The topological polar surface area (TPSA) is 89.9 Å². The number of nitrogens with one attached hydrogen (secondary N) is 1. The van der Waals surface area contributed by atoms with Crippen LogP contribution in [-0.4, -0.2) is 46.3 Å². The van der Waals surface area contributed by atoms with E-state index in [4.69, 9.17) is 5.11 Å². The first kappa shape index (κ1) is 15.2. The Balaban J connectivity index is 2.17. The first-order valence-corrected chi connectivity index (χ1v) is 6.74. The van der Waals surface area contributed by atoms with Crippen LogP contribution in [0, 0.1) is 5.82 Å². The molecule has 1 aromatic rings. The van der Waals surface area contributed by atoms with Gasteiger partial charge in [0.05, 0.1) is 23.9 Å². The maximum atomic E-state index is 13.1. The number of amides is 2. The summed E-state index contributed by atoms with van der Waals surface area (Å²) in [6.07, 6.45) is 2.48. The molecule has 2 rings (SSSR count). The standard InChI is InChI=1S/C14H17FN2O4/c15-9-4-5-12(11(7-9)13(19)20)16-14(21)17-6-2-1-3-10(17)8-18/h4-5,7,10,18H,1-3,6,8H2,(H,16,21)(H,19,20). The number of carboxylic acid groups (broad SMARTS) is 1. The van der Waals surface area contributed by atoms with Gasteiger partial charge in [-0.25, -0.2) is 14.0 Å². The fourth-order valence-electron chi connectivity index (χ4n) is 2.45. The number of aliphatic hydroxyl groups is 1. The van der Waals surface area contributed by atoms with E-state index in [1.165, 1.54) is 11.0 Å². The Morgan fingerprint density at radius 1 is 1.38 bits per heavy atom. The summed E-state index contributed by atoms with van der Waals surface area (Å²) < 4.78 is 13.1. The van der Waals surface area contributed by atoms with E-state index in [1.807, 2.05) is 0 Å². The highest BCUT2D eigenvalue weighted by molar-refractivity contribution is 6.00. The summed E-state index contributed by atoms with van der Waals surface area (Å²) in [6, 6.07) is 2.41. The molecular formula is C14H17FN2O4. The fourth-order valence-corrected chi connectivity index (χ4v) is 2.45. The number of nitrogens with zero attached hydrogens (tertiary/aromatic N) is 1. The molecule has 1 aromatic carbocycles. The summed E-state index contributed by atoms with van der Waals surface area (Å²) >= 11 is 0. The Kier molecular flexibility index (Phi) is 4.74. The Morgan fingerprint density at radius 3 is 2.81 bits per heavy atom. The van der Waals surface area contributed by atoms with Gasteiger partial charge < -0.3 is 20.4 Å². The van der Waals surface area contributed by atoms with Crippen LogP contribution in [0.1, 0.15) is 29.6 Å². The van der Waals surface area contributed by atoms with Crippen molar-refractivity contribution in [2.75, 3.05) is 18.5 Å². The predicted molar refractivity (Wildman–Crippen MR) is 73.8 cm³/mol. The zero-order valence-electron chi connectivity index (χ0n) is 11.4. The van der Waals surface area contributed by atoms with Gasteiger partial charge in [0.25, 0.3) is 0 Å². The molecule has 1 aliphatic heterocycles. The zero-order chi connectivity index (χ0) is 15.4.